The van der Waals surface area contributed by atoms with Crippen LogP contribution in [0, 0.1) is 0 Å². The van der Waals surface area contributed by atoms with Gasteiger partial charge in [-0.2, -0.15) is 0 Å². The third-order valence-corrected chi connectivity index (χ3v) is 6.37. The lowest BCUT2D eigenvalue weighted by atomic mass is 9.93. The van der Waals surface area contributed by atoms with E-state index in [-0.39, 0.29) is 0 Å². The maximum atomic E-state index is 9.90. The molecule has 0 aliphatic rings. The predicted octanol–water partition coefficient (Wildman–Crippen LogP) is 8.28. The van der Waals surface area contributed by atoms with Gasteiger partial charge in [-0.1, -0.05) is 91.8 Å². The molecule has 7 heteroatoms. The van der Waals surface area contributed by atoms with E-state index in [9.17, 15) is 4.79 Å². The molecule has 0 saturated heterocycles. The number of rotatable bonds is 7. The number of aromatic nitrogens is 4. The van der Waals surface area contributed by atoms with E-state index in [1.807, 2.05) is 0 Å². The van der Waals surface area contributed by atoms with Crippen LogP contribution in [-0.2, 0) is 0 Å². The van der Waals surface area contributed by atoms with Gasteiger partial charge in [-0.15, -0.1) is 0 Å². The predicted molar refractivity (Wildman–Crippen MR) is 170 cm³/mol. The molecular formula is C34H44N6O. The van der Waals surface area contributed by atoms with Gasteiger partial charge in [0.1, 0.15) is 5.69 Å². The molecule has 0 fully saturated rings. The number of carbonyl (C=O) groups excluding carboxylic acids is 1. The van der Waals surface area contributed by atoms with Gasteiger partial charge in [0.05, 0.1) is 30.0 Å². The number of hydrogen-bond acceptors (Lipinski definition) is 7. The number of anilines is 1. The van der Waals surface area contributed by atoms with Gasteiger partial charge >= 0.3 is 0 Å². The number of nitrogens with zero attached hydrogens (tertiary/aromatic N) is 5. The standard InChI is InChI=1S/C17H21N3.C12H19N.C5H4N2O/c1-12(2)15-6-5-7-16(13(3)4)17(15)20-11-14-10-18-8-9-19-14;1-8(2)10-6-5-7-11(9(3)4)12(10)13;8-4-5-3-6-1-2-7-5/h5-13H,1-4H3;5-9H,13H2,1-4H3;1-4H. The Morgan fingerprint density at radius 1 is 0.634 bits per heavy atom. The fourth-order valence-corrected chi connectivity index (χ4v) is 4.15. The fourth-order valence-electron chi connectivity index (χ4n) is 4.15. The first-order valence-electron chi connectivity index (χ1n) is 14.1. The third-order valence-electron chi connectivity index (χ3n) is 6.37. The summed E-state index contributed by atoms with van der Waals surface area (Å²) < 4.78 is 0. The Balaban J connectivity index is 0.000000239. The molecule has 2 heterocycles. The van der Waals surface area contributed by atoms with Crippen LogP contribution in [0.4, 0.5) is 11.4 Å². The highest BCUT2D eigenvalue weighted by molar-refractivity contribution is 5.80. The first-order valence-corrected chi connectivity index (χ1v) is 14.1. The molecule has 0 spiro atoms. The smallest absolute Gasteiger partial charge is 0.170 e. The van der Waals surface area contributed by atoms with E-state index in [4.69, 9.17) is 10.7 Å². The summed E-state index contributed by atoms with van der Waals surface area (Å²) in [7, 11) is 0. The lowest BCUT2D eigenvalue weighted by Crippen LogP contribution is -2.02. The molecule has 0 radical (unpaired) electrons. The summed E-state index contributed by atoms with van der Waals surface area (Å²) in [5.41, 5.74) is 14.4. The van der Waals surface area contributed by atoms with Crippen molar-refractivity contribution >= 4 is 23.9 Å². The van der Waals surface area contributed by atoms with Crippen LogP contribution in [0.3, 0.4) is 0 Å². The van der Waals surface area contributed by atoms with Gasteiger partial charge in [0.25, 0.3) is 0 Å². The highest BCUT2D eigenvalue weighted by atomic mass is 16.1. The minimum Gasteiger partial charge on any atom is -0.398 e. The zero-order chi connectivity index (χ0) is 30.4. The maximum Gasteiger partial charge on any atom is 0.170 e. The van der Waals surface area contributed by atoms with Crippen LogP contribution >= 0.6 is 0 Å². The van der Waals surface area contributed by atoms with E-state index in [1.165, 1.54) is 40.8 Å². The second-order valence-corrected chi connectivity index (χ2v) is 10.9. The van der Waals surface area contributed by atoms with Crippen molar-refractivity contribution in [3.63, 3.8) is 0 Å². The maximum absolute atomic E-state index is 9.90. The molecule has 0 bridgehead atoms. The van der Waals surface area contributed by atoms with E-state index < -0.39 is 0 Å². The number of nitrogens with two attached hydrogens (primary N) is 1. The monoisotopic (exact) mass is 552 g/mol. The average molecular weight is 553 g/mol. The number of aldehydes is 1. The van der Waals surface area contributed by atoms with Crippen LogP contribution in [0.1, 0.15) is 117 Å². The normalized spacial score (nSPS) is 10.9. The highest BCUT2D eigenvalue weighted by Gasteiger charge is 2.12. The van der Waals surface area contributed by atoms with Crippen LogP contribution in [0.25, 0.3) is 0 Å². The van der Waals surface area contributed by atoms with Crippen molar-refractivity contribution in [2.45, 2.75) is 79.1 Å². The molecule has 41 heavy (non-hydrogen) atoms. The van der Waals surface area contributed by atoms with Crippen LogP contribution in [0.2, 0.25) is 0 Å². The van der Waals surface area contributed by atoms with E-state index in [1.54, 1.807) is 24.8 Å². The quantitative estimate of drug-likeness (QED) is 0.140. The lowest BCUT2D eigenvalue weighted by Gasteiger charge is -2.16. The van der Waals surface area contributed by atoms with Crippen LogP contribution in [0.5, 0.6) is 0 Å². The molecule has 2 aromatic carbocycles. The van der Waals surface area contributed by atoms with Crippen molar-refractivity contribution in [3.8, 4) is 0 Å². The zero-order valence-electron chi connectivity index (χ0n) is 25.6. The molecular weight excluding hydrogens is 508 g/mol. The van der Waals surface area contributed by atoms with Gasteiger partial charge < -0.3 is 5.73 Å². The summed E-state index contributed by atoms with van der Waals surface area (Å²) in [6.07, 6.45) is 11.9. The van der Waals surface area contributed by atoms with Crippen molar-refractivity contribution < 1.29 is 4.79 Å². The van der Waals surface area contributed by atoms with Crippen molar-refractivity contribution in [2.75, 3.05) is 5.73 Å². The number of para-hydroxylation sites is 2. The summed E-state index contributed by atoms with van der Waals surface area (Å²) in [6, 6.07) is 12.8. The lowest BCUT2D eigenvalue weighted by molar-refractivity contribution is 0.111. The summed E-state index contributed by atoms with van der Waals surface area (Å²) in [4.78, 5) is 30.2. The van der Waals surface area contributed by atoms with Crippen molar-refractivity contribution in [1.82, 2.24) is 19.9 Å². The van der Waals surface area contributed by atoms with Crippen molar-refractivity contribution in [2.24, 2.45) is 4.99 Å². The Morgan fingerprint density at radius 3 is 1.39 bits per heavy atom. The molecule has 0 unspecified atom stereocenters. The van der Waals surface area contributed by atoms with Crippen LogP contribution < -0.4 is 5.73 Å². The first-order chi connectivity index (χ1) is 19.6. The Labute approximate surface area is 245 Å². The Kier molecular flexibility index (Phi) is 13.5. The second kappa shape index (κ2) is 16.8. The van der Waals surface area contributed by atoms with Crippen LogP contribution in [0.15, 0.2) is 78.6 Å². The Morgan fingerprint density at radius 2 is 1.05 bits per heavy atom. The fraction of sp³-hybridized carbons (Fsp3) is 0.353. The van der Waals surface area contributed by atoms with Crippen molar-refractivity contribution in [1.29, 1.82) is 0 Å². The molecule has 7 nitrogen and oxygen atoms in total. The molecule has 2 aromatic heterocycles. The minimum atomic E-state index is 0.368. The number of benzene rings is 2. The highest BCUT2D eigenvalue weighted by Crippen LogP contribution is 2.34. The average Bonchev–Trinajstić information content (AvgIpc) is 2.97. The second-order valence-electron chi connectivity index (χ2n) is 10.9. The van der Waals surface area contributed by atoms with E-state index in [0.29, 0.717) is 35.7 Å². The minimum absolute atomic E-state index is 0.368. The van der Waals surface area contributed by atoms with Gasteiger partial charge in [-0.05, 0) is 45.9 Å². The van der Waals surface area contributed by atoms with Gasteiger partial charge in [-0.3, -0.25) is 29.7 Å². The van der Waals surface area contributed by atoms with Gasteiger partial charge in [0.15, 0.2) is 6.29 Å². The van der Waals surface area contributed by atoms with Crippen LogP contribution in [-0.4, -0.2) is 32.4 Å². The Hall–Kier alpha value is -4.26. The molecule has 216 valence electrons. The molecule has 0 atom stereocenters. The number of nitrogen functional groups attached to an aromatic ring is 1. The summed E-state index contributed by atoms with van der Waals surface area (Å²) in [5.74, 6) is 1.92. The molecule has 0 saturated carbocycles. The zero-order valence-corrected chi connectivity index (χ0v) is 25.6. The Bertz CT molecular complexity index is 1310. The van der Waals surface area contributed by atoms with Crippen molar-refractivity contribution in [3.05, 3.63) is 107 Å². The molecule has 0 aliphatic carbocycles. The molecule has 4 aromatic rings. The summed E-state index contributed by atoms with van der Waals surface area (Å²) in [6.45, 7) is 17.5. The van der Waals surface area contributed by atoms with Gasteiger partial charge in [0, 0.05) is 30.5 Å². The summed E-state index contributed by atoms with van der Waals surface area (Å²) in [5, 5.41) is 0. The van der Waals surface area contributed by atoms with E-state index >= 15 is 0 Å². The number of hydrogen-bond donors (Lipinski definition) is 1. The topological polar surface area (TPSA) is 107 Å². The van der Waals surface area contributed by atoms with Gasteiger partial charge in [0.2, 0.25) is 0 Å². The SMILES string of the molecule is CC(C)c1cccc(C(C)C)c1N.CC(C)c1cccc(C(C)C)c1N=Cc1cnccn1.O=Cc1cnccn1. The largest absolute Gasteiger partial charge is 0.398 e. The molecule has 2 N–H and O–H groups in total. The number of aliphatic imine (C=N–C) groups is 1. The van der Waals surface area contributed by atoms with E-state index in [0.717, 1.165) is 17.1 Å². The summed E-state index contributed by atoms with van der Waals surface area (Å²) >= 11 is 0. The molecule has 0 amide bonds. The van der Waals surface area contributed by atoms with Gasteiger partial charge in [-0.25, -0.2) is 0 Å². The van der Waals surface area contributed by atoms with E-state index in [2.05, 4.69) is 112 Å². The first kappa shape index (κ1) is 32.9. The third kappa shape index (κ3) is 10.3. The number of carbonyl (C=O) groups is 1. The molecule has 4 rings (SSSR count). The molecule has 0 aliphatic heterocycles.